The highest BCUT2D eigenvalue weighted by Crippen LogP contribution is 2.41. The molecule has 11 rings (SSSR count). The van der Waals surface area contributed by atoms with Crippen LogP contribution in [0.4, 0.5) is 0 Å². The van der Waals surface area contributed by atoms with Gasteiger partial charge < -0.3 is 47.8 Å². The number of aromatic amines is 2. The summed E-state index contributed by atoms with van der Waals surface area (Å²) in [5.74, 6) is 3.03. The number of aromatic nitrogens is 6. The smallest absolute Gasteiger partial charge is 0.163 e. The van der Waals surface area contributed by atoms with Gasteiger partial charge in [-0.15, -0.1) is 0 Å². The van der Waals surface area contributed by atoms with E-state index in [0.29, 0.717) is 23.3 Å². The van der Waals surface area contributed by atoms with Crippen molar-refractivity contribution in [3.8, 4) is 45.5 Å². The highest BCUT2D eigenvalue weighted by molar-refractivity contribution is 6.35. The Morgan fingerprint density at radius 1 is 0.565 bits per heavy atom. The van der Waals surface area contributed by atoms with Crippen LogP contribution < -0.4 is 18.9 Å². The van der Waals surface area contributed by atoms with Gasteiger partial charge in [0.25, 0.3) is 0 Å². The molecule has 0 saturated carbocycles. The summed E-state index contributed by atoms with van der Waals surface area (Å²) < 4.78 is 28.1. The number of piperazine rings is 1. The third-order valence-corrected chi connectivity index (χ3v) is 15.1. The normalized spacial score (nSPS) is 17.0. The van der Waals surface area contributed by atoms with E-state index in [1.54, 1.807) is 32.7 Å². The van der Waals surface area contributed by atoms with Crippen molar-refractivity contribution in [2.45, 2.75) is 38.1 Å². The van der Waals surface area contributed by atoms with Crippen LogP contribution in [-0.2, 0) is 14.1 Å². The van der Waals surface area contributed by atoms with Crippen LogP contribution in [0.3, 0.4) is 0 Å². The fourth-order valence-electron chi connectivity index (χ4n) is 10.5. The third-order valence-electron chi connectivity index (χ3n) is 14.5. The number of hydrogen-bond donors (Lipinski definition) is 2. The lowest BCUT2D eigenvalue weighted by Crippen LogP contribution is -2.47. The monoisotopic (exact) mass is 974 g/mol. The number of rotatable bonds is 13. The van der Waals surface area contributed by atoms with Crippen molar-refractivity contribution in [3.63, 3.8) is 0 Å². The molecular formula is C53H64Cl2N10O4. The molecular weight excluding hydrogens is 912 g/mol. The van der Waals surface area contributed by atoms with Gasteiger partial charge in [0.2, 0.25) is 0 Å². The molecule has 8 aromatic rings. The molecule has 0 spiro atoms. The zero-order valence-electron chi connectivity index (χ0n) is 40.5. The van der Waals surface area contributed by atoms with Crippen molar-refractivity contribution in [1.82, 2.24) is 48.7 Å². The first-order valence-corrected chi connectivity index (χ1v) is 25.1. The molecule has 0 bridgehead atoms. The van der Waals surface area contributed by atoms with Crippen molar-refractivity contribution in [2.24, 2.45) is 14.1 Å². The lowest BCUT2D eigenvalue weighted by Gasteiger charge is -2.40. The lowest BCUT2D eigenvalue weighted by atomic mass is 10.00. The molecule has 3 saturated heterocycles. The number of hydrogen-bond acceptors (Lipinski definition) is 10. The third kappa shape index (κ3) is 10.1. The molecule has 6 aromatic heterocycles. The van der Waals surface area contributed by atoms with E-state index < -0.39 is 0 Å². The van der Waals surface area contributed by atoms with E-state index >= 15 is 0 Å². The summed E-state index contributed by atoms with van der Waals surface area (Å²) in [5, 5.41) is 5.38. The molecule has 2 aromatic carbocycles. The van der Waals surface area contributed by atoms with Gasteiger partial charge in [-0.1, -0.05) is 29.6 Å². The predicted molar refractivity (Wildman–Crippen MR) is 279 cm³/mol. The maximum atomic E-state index is 6.39. The van der Waals surface area contributed by atoms with Gasteiger partial charge in [0.15, 0.2) is 23.0 Å². The molecule has 16 heteroatoms. The summed E-state index contributed by atoms with van der Waals surface area (Å²) in [6, 6.07) is 16.8. The number of nitrogens with one attached hydrogen (secondary N) is 2. The number of fused-ring (bicyclic) bond motifs is 4. The first kappa shape index (κ1) is 47.2. The number of likely N-dealkylation sites (tertiary alicyclic amines) is 2. The van der Waals surface area contributed by atoms with Gasteiger partial charge in [-0.25, -0.2) is 9.97 Å². The second kappa shape index (κ2) is 20.9. The number of likely N-dealkylation sites (N-methyl/N-ethyl adjacent to an activating group) is 1. The van der Waals surface area contributed by atoms with Gasteiger partial charge in [0, 0.05) is 140 Å². The van der Waals surface area contributed by atoms with Crippen LogP contribution in [0.2, 0.25) is 10.0 Å². The number of H-pyrrole nitrogens is 2. The van der Waals surface area contributed by atoms with E-state index in [0.717, 1.165) is 148 Å². The fourth-order valence-corrected chi connectivity index (χ4v) is 10.9. The average Bonchev–Trinajstić information content (AvgIpc) is 4.16. The number of aryl methyl sites for hydroxylation is 2. The van der Waals surface area contributed by atoms with Crippen molar-refractivity contribution >= 4 is 67.1 Å². The quantitative estimate of drug-likeness (QED) is 0.116. The molecule has 0 amide bonds. The van der Waals surface area contributed by atoms with Gasteiger partial charge in [-0.2, -0.15) is 0 Å². The fraction of sp³-hybridized carbons (Fsp3) is 0.434. The molecule has 0 atom stereocenters. The Labute approximate surface area is 414 Å². The predicted octanol–water partition coefficient (Wildman–Crippen LogP) is 9.72. The Balaban J connectivity index is 0.000000162. The summed E-state index contributed by atoms with van der Waals surface area (Å²) in [6.45, 7) is 12.4. The Bertz CT molecular complexity index is 3050. The Hall–Kier alpha value is -5.48. The number of ether oxygens (including phenoxy) is 4. The van der Waals surface area contributed by atoms with E-state index in [4.69, 9.17) is 42.1 Å². The molecule has 2 N–H and O–H groups in total. The SMILES string of the molecule is COc1cc2c(-c3cc4c(Cl)ccnc4[nH]3)cn(C)c2cc1OCCN1CCC(N2CCCCC2)CC1.COc1cc2c(-c3cc4c(Cl)ccnc4[nH]3)cn(C)c2cc1OCCN1CCN(C)CC1. The molecule has 0 unspecified atom stereocenters. The molecule has 69 heavy (non-hydrogen) atoms. The zero-order chi connectivity index (χ0) is 47.6. The van der Waals surface area contributed by atoms with E-state index in [2.05, 4.69) is 105 Å². The van der Waals surface area contributed by atoms with E-state index in [1.165, 1.54) is 45.2 Å². The zero-order valence-corrected chi connectivity index (χ0v) is 42.0. The van der Waals surface area contributed by atoms with Crippen LogP contribution in [0.5, 0.6) is 23.0 Å². The molecule has 0 radical (unpaired) electrons. The second-order valence-electron chi connectivity index (χ2n) is 18.8. The molecule has 9 heterocycles. The average molecular weight is 976 g/mol. The summed E-state index contributed by atoms with van der Waals surface area (Å²) in [5.41, 5.74) is 7.82. The Morgan fingerprint density at radius 2 is 1.04 bits per heavy atom. The molecule has 3 fully saturated rings. The first-order chi connectivity index (χ1) is 33.6. The summed E-state index contributed by atoms with van der Waals surface area (Å²) in [6.07, 6.45) is 14.4. The highest BCUT2D eigenvalue weighted by Gasteiger charge is 2.26. The van der Waals surface area contributed by atoms with Crippen LogP contribution in [0, 0.1) is 0 Å². The first-order valence-electron chi connectivity index (χ1n) is 24.4. The summed E-state index contributed by atoms with van der Waals surface area (Å²) in [7, 11) is 9.66. The molecule has 364 valence electrons. The van der Waals surface area contributed by atoms with E-state index in [9.17, 15) is 0 Å². The molecule has 3 aliphatic rings. The van der Waals surface area contributed by atoms with Crippen molar-refractivity contribution in [1.29, 1.82) is 0 Å². The summed E-state index contributed by atoms with van der Waals surface area (Å²) in [4.78, 5) is 25.7. The Morgan fingerprint density at radius 3 is 1.51 bits per heavy atom. The van der Waals surface area contributed by atoms with Gasteiger partial charge in [-0.3, -0.25) is 9.80 Å². The van der Waals surface area contributed by atoms with Gasteiger partial charge in [0.1, 0.15) is 24.5 Å². The van der Waals surface area contributed by atoms with E-state index in [1.807, 2.05) is 19.2 Å². The number of methoxy groups -OCH3 is 2. The number of piperidine rings is 2. The minimum Gasteiger partial charge on any atom is -0.493 e. The molecule has 3 aliphatic heterocycles. The number of nitrogens with zero attached hydrogens (tertiary/aromatic N) is 8. The number of benzene rings is 2. The van der Waals surface area contributed by atoms with Crippen LogP contribution in [0.15, 0.2) is 73.3 Å². The second-order valence-corrected chi connectivity index (χ2v) is 19.6. The van der Waals surface area contributed by atoms with Crippen LogP contribution in [-0.4, -0.2) is 155 Å². The summed E-state index contributed by atoms with van der Waals surface area (Å²) >= 11 is 12.7. The van der Waals surface area contributed by atoms with Crippen molar-refractivity contribution in [3.05, 3.63) is 83.4 Å². The number of halogens is 2. The van der Waals surface area contributed by atoms with Crippen molar-refractivity contribution < 1.29 is 18.9 Å². The van der Waals surface area contributed by atoms with Crippen LogP contribution >= 0.6 is 23.2 Å². The standard InChI is InChI=1S/C29H36ClN5O2.C24H28ClN5O2/c1-33-19-23(25-16-22-24(30)6-9-31-29(22)32-25)21-17-27(36-2)28(18-26(21)33)37-15-14-34-12-7-20(8-13-34)35-10-4-3-5-11-35;1-28-6-8-30(9-7-28)10-11-32-23-14-21-16(13-22(23)31-3)18(15-29(21)2)20-12-17-19(25)4-5-26-24(17)27-20/h6,9,16-20H,3-5,7-8,10-15H2,1-2H3,(H,31,32);4-5,12-15H,6-11H2,1-3H3,(H,26,27). The Kier molecular flexibility index (Phi) is 14.3. The number of pyridine rings is 2. The van der Waals surface area contributed by atoms with Gasteiger partial charge >= 0.3 is 0 Å². The minimum atomic E-state index is 0.634. The maximum absolute atomic E-state index is 6.39. The highest BCUT2D eigenvalue weighted by atomic mass is 35.5. The largest absolute Gasteiger partial charge is 0.493 e. The lowest BCUT2D eigenvalue weighted by molar-refractivity contribution is 0.0855. The van der Waals surface area contributed by atoms with Crippen LogP contribution in [0.1, 0.15) is 32.1 Å². The molecule has 14 nitrogen and oxygen atoms in total. The van der Waals surface area contributed by atoms with Crippen molar-refractivity contribution in [2.75, 3.05) is 99.9 Å². The topological polar surface area (TPSA) is 117 Å². The van der Waals surface area contributed by atoms with Gasteiger partial charge in [0.05, 0.1) is 35.3 Å². The van der Waals surface area contributed by atoms with E-state index in [-0.39, 0.29) is 0 Å². The van der Waals surface area contributed by atoms with Crippen LogP contribution in [0.25, 0.3) is 66.4 Å². The minimum absolute atomic E-state index is 0.634. The van der Waals surface area contributed by atoms with Gasteiger partial charge in [-0.05, 0) is 95.3 Å². The molecule has 0 aliphatic carbocycles. The maximum Gasteiger partial charge on any atom is 0.163 e.